The van der Waals surface area contributed by atoms with Crippen molar-refractivity contribution in [2.24, 2.45) is 4.99 Å². The lowest BCUT2D eigenvalue weighted by Crippen LogP contribution is -2.19. The number of rotatable bonds is 6. The number of hydrogen-bond acceptors (Lipinski definition) is 5. The zero-order valence-corrected chi connectivity index (χ0v) is 21.3. The van der Waals surface area contributed by atoms with Gasteiger partial charge in [0.15, 0.2) is 16.7 Å². The minimum absolute atomic E-state index is 0.184. The van der Waals surface area contributed by atoms with Crippen molar-refractivity contribution in [1.82, 2.24) is 5.32 Å². The van der Waals surface area contributed by atoms with E-state index in [2.05, 4.69) is 10.3 Å². The summed E-state index contributed by atoms with van der Waals surface area (Å²) < 4.78 is 11.4. The van der Waals surface area contributed by atoms with Crippen LogP contribution in [0.15, 0.2) is 64.5 Å². The largest absolute Gasteiger partial charge is 0.493 e. The predicted molar refractivity (Wildman–Crippen MR) is 141 cm³/mol. The molecule has 0 bridgehead atoms. The Bertz CT molecular complexity index is 1310. The van der Waals surface area contributed by atoms with Crippen molar-refractivity contribution in [2.75, 3.05) is 7.11 Å². The van der Waals surface area contributed by atoms with Gasteiger partial charge in [0.1, 0.15) is 6.61 Å². The van der Waals surface area contributed by atoms with Gasteiger partial charge in [-0.1, -0.05) is 58.6 Å². The lowest BCUT2D eigenvalue weighted by atomic mass is 10.1. The van der Waals surface area contributed by atoms with Crippen LogP contribution in [0.4, 0.5) is 5.69 Å². The molecule has 0 atom stereocenters. The maximum atomic E-state index is 12.5. The van der Waals surface area contributed by atoms with Gasteiger partial charge in [-0.25, -0.2) is 4.99 Å². The Kier molecular flexibility index (Phi) is 7.73. The van der Waals surface area contributed by atoms with E-state index in [0.29, 0.717) is 42.2 Å². The smallest absolute Gasteiger partial charge is 0.264 e. The number of thioether (sulfide) groups is 1. The van der Waals surface area contributed by atoms with Gasteiger partial charge in [0.05, 0.1) is 22.7 Å². The number of amidine groups is 1. The van der Waals surface area contributed by atoms with Crippen molar-refractivity contribution >= 4 is 69.4 Å². The molecule has 4 rings (SSSR count). The summed E-state index contributed by atoms with van der Waals surface area (Å²) in [6.45, 7) is 2.19. The first-order valence-electron chi connectivity index (χ1n) is 10.1. The van der Waals surface area contributed by atoms with E-state index >= 15 is 0 Å². The molecule has 9 heteroatoms. The van der Waals surface area contributed by atoms with E-state index < -0.39 is 0 Å². The fourth-order valence-electron chi connectivity index (χ4n) is 3.12. The highest BCUT2D eigenvalue weighted by Crippen LogP contribution is 2.39. The minimum Gasteiger partial charge on any atom is -0.493 e. The summed E-state index contributed by atoms with van der Waals surface area (Å²) in [4.78, 5) is 17.4. The fraction of sp³-hybridized carbons (Fsp3) is 0.120. The molecule has 3 aromatic rings. The molecule has 1 N–H and O–H groups in total. The number of halogens is 3. The highest BCUT2D eigenvalue weighted by molar-refractivity contribution is 8.18. The van der Waals surface area contributed by atoms with Crippen LogP contribution < -0.4 is 14.8 Å². The van der Waals surface area contributed by atoms with Crippen LogP contribution in [0.1, 0.15) is 16.7 Å². The lowest BCUT2D eigenvalue weighted by molar-refractivity contribution is -0.115. The molecule has 5 nitrogen and oxygen atoms in total. The molecule has 3 aromatic carbocycles. The Morgan fingerprint density at radius 2 is 1.79 bits per heavy atom. The number of carbonyl (C=O) groups excluding carboxylic acids is 1. The van der Waals surface area contributed by atoms with E-state index in [1.165, 1.54) is 18.9 Å². The van der Waals surface area contributed by atoms with E-state index in [9.17, 15) is 4.79 Å². The van der Waals surface area contributed by atoms with Crippen molar-refractivity contribution in [2.45, 2.75) is 13.5 Å². The van der Waals surface area contributed by atoms with Gasteiger partial charge in [-0.3, -0.25) is 4.79 Å². The average molecular weight is 534 g/mol. The normalized spacial score (nSPS) is 15.6. The second-order valence-electron chi connectivity index (χ2n) is 7.38. The van der Waals surface area contributed by atoms with Crippen molar-refractivity contribution in [3.8, 4) is 11.5 Å². The summed E-state index contributed by atoms with van der Waals surface area (Å²) in [5, 5.41) is 4.68. The first kappa shape index (κ1) is 24.5. The van der Waals surface area contributed by atoms with Crippen LogP contribution in [0.5, 0.6) is 11.5 Å². The van der Waals surface area contributed by atoms with Crippen molar-refractivity contribution in [3.63, 3.8) is 0 Å². The molecule has 0 spiro atoms. The molecule has 0 saturated carbocycles. The number of nitrogens with one attached hydrogen (secondary N) is 1. The number of carbonyl (C=O) groups is 1. The Morgan fingerprint density at radius 1 is 1.03 bits per heavy atom. The van der Waals surface area contributed by atoms with Crippen molar-refractivity contribution < 1.29 is 14.3 Å². The number of ether oxygens (including phenoxy) is 2. The standard InChI is InChI=1S/C25H19Cl3N2O3S/c1-14-3-7-18(8-4-14)29-25-30-24(31)22(34-25)11-15-9-20(28)23(21(10-15)32-2)33-13-16-5-6-17(26)12-19(16)27/h3-12H,13H2,1-2H3,(H,29,30,31)/b22-11+. The number of amides is 1. The monoisotopic (exact) mass is 532 g/mol. The second-order valence-corrected chi connectivity index (χ2v) is 9.66. The van der Waals surface area contributed by atoms with Crippen LogP contribution in [0.2, 0.25) is 15.1 Å². The summed E-state index contributed by atoms with van der Waals surface area (Å²) in [7, 11) is 1.52. The van der Waals surface area contributed by atoms with Gasteiger partial charge in [0, 0.05) is 15.6 Å². The number of methoxy groups -OCH3 is 1. The van der Waals surface area contributed by atoms with Gasteiger partial charge in [0.2, 0.25) is 0 Å². The van der Waals surface area contributed by atoms with Gasteiger partial charge in [-0.15, -0.1) is 0 Å². The maximum Gasteiger partial charge on any atom is 0.264 e. The molecular formula is C25H19Cl3N2O3S. The quantitative estimate of drug-likeness (QED) is 0.335. The third-order valence-electron chi connectivity index (χ3n) is 4.85. The van der Waals surface area contributed by atoms with Gasteiger partial charge in [-0.05, 0) is 66.7 Å². The lowest BCUT2D eigenvalue weighted by Gasteiger charge is -2.14. The maximum absolute atomic E-state index is 12.5. The van der Waals surface area contributed by atoms with Gasteiger partial charge in [-0.2, -0.15) is 0 Å². The van der Waals surface area contributed by atoms with Crippen molar-refractivity contribution in [3.05, 3.63) is 91.3 Å². The first-order valence-corrected chi connectivity index (χ1v) is 12.1. The van der Waals surface area contributed by atoms with E-state index in [4.69, 9.17) is 44.3 Å². The highest BCUT2D eigenvalue weighted by Gasteiger charge is 2.24. The zero-order chi connectivity index (χ0) is 24.2. The van der Waals surface area contributed by atoms with Gasteiger partial charge in [0.25, 0.3) is 5.91 Å². The summed E-state index contributed by atoms with van der Waals surface area (Å²) in [5.74, 6) is 0.576. The molecule has 1 heterocycles. The Hall–Kier alpha value is -2.64. The van der Waals surface area contributed by atoms with Crippen LogP contribution in [0, 0.1) is 6.92 Å². The Morgan fingerprint density at radius 3 is 2.50 bits per heavy atom. The van der Waals surface area contributed by atoms with E-state index in [1.807, 2.05) is 31.2 Å². The number of hydrogen-bond donors (Lipinski definition) is 1. The summed E-state index contributed by atoms with van der Waals surface area (Å²) in [6.07, 6.45) is 1.73. The van der Waals surface area contributed by atoms with Crippen LogP contribution in [-0.4, -0.2) is 18.2 Å². The van der Waals surface area contributed by atoms with Crippen LogP contribution in [0.25, 0.3) is 6.08 Å². The number of benzene rings is 3. The summed E-state index contributed by atoms with van der Waals surface area (Å²) in [5.41, 5.74) is 3.35. The van der Waals surface area contributed by atoms with Gasteiger partial charge < -0.3 is 14.8 Å². The Balaban J connectivity index is 1.53. The van der Waals surface area contributed by atoms with Crippen LogP contribution >= 0.6 is 46.6 Å². The molecule has 0 unspecified atom stereocenters. The van der Waals surface area contributed by atoms with Gasteiger partial charge >= 0.3 is 0 Å². The second kappa shape index (κ2) is 10.7. The third kappa shape index (κ3) is 5.88. The first-order chi connectivity index (χ1) is 16.3. The third-order valence-corrected chi connectivity index (χ3v) is 6.63. The van der Waals surface area contributed by atoms with E-state index in [1.54, 1.807) is 36.4 Å². The topological polar surface area (TPSA) is 59.9 Å². The molecule has 1 saturated heterocycles. The summed E-state index contributed by atoms with van der Waals surface area (Å²) in [6, 6.07) is 16.4. The summed E-state index contributed by atoms with van der Waals surface area (Å²) >= 11 is 19.9. The molecule has 0 aromatic heterocycles. The highest BCUT2D eigenvalue weighted by atomic mass is 35.5. The molecule has 34 heavy (non-hydrogen) atoms. The van der Waals surface area contributed by atoms with E-state index in [-0.39, 0.29) is 12.5 Å². The predicted octanol–water partition coefficient (Wildman–Crippen LogP) is 7.43. The average Bonchev–Trinajstić information content (AvgIpc) is 3.13. The SMILES string of the molecule is COc1cc(/C=C2/SC(=Nc3ccc(C)cc3)NC2=O)cc(Cl)c1OCc1ccc(Cl)cc1Cl. The van der Waals surface area contributed by atoms with Crippen molar-refractivity contribution in [1.29, 1.82) is 0 Å². The minimum atomic E-state index is -0.233. The molecular weight excluding hydrogens is 515 g/mol. The van der Waals surface area contributed by atoms with Crippen LogP contribution in [0.3, 0.4) is 0 Å². The molecule has 174 valence electrons. The van der Waals surface area contributed by atoms with Crippen LogP contribution in [-0.2, 0) is 11.4 Å². The number of nitrogens with zero attached hydrogens (tertiary/aromatic N) is 1. The molecule has 1 amide bonds. The Labute approximate surface area is 216 Å². The molecule has 1 fully saturated rings. The molecule has 1 aliphatic rings. The number of aryl methyl sites for hydroxylation is 1. The van der Waals surface area contributed by atoms with E-state index in [0.717, 1.165) is 16.8 Å². The zero-order valence-electron chi connectivity index (χ0n) is 18.2. The fourth-order valence-corrected chi connectivity index (χ4v) is 4.70. The molecule has 0 aliphatic carbocycles. The molecule has 1 aliphatic heterocycles. The number of aliphatic imine (C=N–C) groups is 1. The molecule has 0 radical (unpaired) electrons.